The molecule has 3 aliphatic rings. The third-order valence-electron chi connectivity index (χ3n) is 7.14. The minimum absolute atomic E-state index is 0.286. The number of anilines is 1. The number of fused-ring (bicyclic) bond motifs is 4. The fraction of sp³-hybridized carbons (Fsp3) is 0.583. The summed E-state index contributed by atoms with van der Waals surface area (Å²) >= 11 is 0. The average molecular weight is 441 g/mol. The van der Waals surface area contributed by atoms with Gasteiger partial charge >= 0.3 is 0 Å². The van der Waals surface area contributed by atoms with E-state index in [0.29, 0.717) is 30.1 Å². The number of methoxy groups -OCH3 is 3. The summed E-state index contributed by atoms with van der Waals surface area (Å²) in [5.41, 5.74) is 3.49. The zero-order valence-corrected chi connectivity index (χ0v) is 19.1. The SMILES string of the molecule is COc1ccc(CN2[C@H]3CC[C@H]2c2cnc(N4CCC[C@H](O)C4)nc2C3)c(OC)c1OC. The van der Waals surface area contributed by atoms with Crippen LogP contribution in [0, 0.1) is 0 Å². The molecule has 172 valence electrons. The van der Waals surface area contributed by atoms with Gasteiger partial charge in [-0.2, -0.15) is 0 Å². The number of aromatic nitrogens is 2. The standard InChI is InChI=1S/C24H32N4O4/c1-30-21-9-6-15(22(31-2)23(21)32-3)13-28-16-7-8-20(28)18-12-25-24(26-19(18)11-16)27-10-4-5-17(29)14-27/h6,9,12,16-17,20,29H,4-5,7-8,10-11,13-14H2,1-3H3/t16-,17-,20-/m0/s1. The summed E-state index contributed by atoms with van der Waals surface area (Å²) < 4.78 is 16.7. The Kier molecular flexibility index (Phi) is 5.82. The van der Waals surface area contributed by atoms with Crippen LogP contribution in [0.3, 0.4) is 0 Å². The number of rotatable bonds is 6. The Hall–Kier alpha value is -2.58. The van der Waals surface area contributed by atoms with Crippen LogP contribution in [0.1, 0.15) is 48.5 Å². The molecular formula is C24H32N4O4. The lowest BCUT2D eigenvalue weighted by molar-refractivity contribution is 0.153. The molecule has 0 aliphatic carbocycles. The number of piperidine rings is 1. The Balaban J connectivity index is 1.40. The molecule has 0 spiro atoms. The number of β-amino-alcohol motifs (C(OH)–C–C–N with tert-alkyl or cyclic N) is 1. The second-order valence-corrected chi connectivity index (χ2v) is 8.93. The molecule has 5 rings (SSSR count). The number of ether oxygens (including phenoxy) is 3. The van der Waals surface area contributed by atoms with Gasteiger partial charge in [0.15, 0.2) is 11.5 Å². The molecule has 0 unspecified atom stereocenters. The van der Waals surface area contributed by atoms with E-state index in [1.807, 2.05) is 12.3 Å². The summed E-state index contributed by atoms with van der Waals surface area (Å²) in [4.78, 5) is 14.3. The molecule has 8 nitrogen and oxygen atoms in total. The van der Waals surface area contributed by atoms with Gasteiger partial charge in [-0.15, -0.1) is 0 Å². The zero-order chi connectivity index (χ0) is 22.2. The molecule has 1 N–H and O–H groups in total. The summed E-state index contributed by atoms with van der Waals surface area (Å²) in [7, 11) is 4.95. The second-order valence-electron chi connectivity index (χ2n) is 8.93. The molecule has 8 heteroatoms. The predicted molar refractivity (Wildman–Crippen MR) is 121 cm³/mol. The van der Waals surface area contributed by atoms with Crippen molar-refractivity contribution in [3.63, 3.8) is 0 Å². The van der Waals surface area contributed by atoms with Gasteiger partial charge in [0, 0.05) is 55.5 Å². The van der Waals surface area contributed by atoms with Gasteiger partial charge in [0.1, 0.15) is 0 Å². The van der Waals surface area contributed by atoms with Crippen molar-refractivity contribution in [1.29, 1.82) is 0 Å². The van der Waals surface area contributed by atoms with Crippen molar-refractivity contribution < 1.29 is 19.3 Å². The van der Waals surface area contributed by atoms with Crippen LogP contribution in [-0.2, 0) is 13.0 Å². The van der Waals surface area contributed by atoms with E-state index >= 15 is 0 Å². The first kappa shape index (κ1) is 21.3. The number of benzene rings is 1. The molecule has 0 radical (unpaired) electrons. The predicted octanol–water partition coefficient (Wildman–Crippen LogP) is 2.73. The number of hydrogen-bond donors (Lipinski definition) is 1. The Labute approximate surface area is 189 Å². The minimum Gasteiger partial charge on any atom is -0.493 e. The molecule has 1 aromatic heterocycles. The van der Waals surface area contributed by atoms with Gasteiger partial charge in [-0.1, -0.05) is 6.07 Å². The quantitative estimate of drug-likeness (QED) is 0.735. The van der Waals surface area contributed by atoms with Crippen molar-refractivity contribution in [2.75, 3.05) is 39.3 Å². The highest BCUT2D eigenvalue weighted by atomic mass is 16.5. The molecular weight excluding hydrogens is 408 g/mol. The average Bonchev–Trinajstić information content (AvgIpc) is 3.09. The largest absolute Gasteiger partial charge is 0.493 e. The van der Waals surface area contributed by atoms with E-state index in [0.717, 1.165) is 68.1 Å². The van der Waals surface area contributed by atoms with Crippen molar-refractivity contribution >= 4 is 5.95 Å². The molecule has 1 aromatic carbocycles. The molecule has 32 heavy (non-hydrogen) atoms. The molecule has 3 aliphatic heterocycles. The maximum Gasteiger partial charge on any atom is 0.225 e. The number of hydrogen-bond acceptors (Lipinski definition) is 8. The van der Waals surface area contributed by atoms with Crippen LogP contribution in [-0.4, -0.2) is 66.5 Å². The molecule has 3 atom stereocenters. The maximum atomic E-state index is 10.0. The van der Waals surface area contributed by atoms with Crippen molar-refractivity contribution in [2.24, 2.45) is 0 Å². The second kappa shape index (κ2) is 8.75. The molecule has 2 saturated heterocycles. The highest BCUT2D eigenvalue weighted by Crippen LogP contribution is 2.46. The lowest BCUT2D eigenvalue weighted by Gasteiger charge is -2.37. The van der Waals surface area contributed by atoms with Crippen LogP contribution in [0.2, 0.25) is 0 Å². The Morgan fingerprint density at radius 1 is 1.06 bits per heavy atom. The summed E-state index contributed by atoms with van der Waals surface area (Å²) in [5, 5.41) is 10.0. The van der Waals surface area contributed by atoms with Crippen LogP contribution in [0.15, 0.2) is 18.3 Å². The Morgan fingerprint density at radius 2 is 1.91 bits per heavy atom. The topological polar surface area (TPSA) is 80.2 Å². The lowest BCUT2D eigenvalue weighted by Crippen LogP contribution is -2.41. The summed E-state index contributed by atoms with van der Waals surface area (Å²) in [5.74, 6) is 2.79. The van der Waals surface area contributed by atoms with Crippen LogP contribution >= 0.6 is 0 Å². The lowest BCUT2D eigenvalue weighted by atomic mass is 9.98. The summed E-state index contributed by atoms with van der Waals surface area (Å²) in [6.07, 6.45) is 6.75. The Bertz CT molecular complexity index is 985. The highest BCUT2D eigenvalue weighted by Gasteiger charge is 2.41. The fourth-order valence-electron chi connectivity index (χ4n) is 5.58. The van der Waals surface area contributed by atoms with Gasteiger partial charge in [-0.3, -0.25) is 4.90 Å². The monoisotopic (exact) mass is 440 g/mol. The first-order chi connectivity index (χ1) is 15.6. The van der Waals surface area contributed by atoms with Gasteiger partial charge in [0.25, 0.3) is 0 Å². The van der Waals surface area contributed by atoms with Crippen LogP contribution in [0.4, 0.5) is 5.95 Å². The van der Waals surface area contributed by atoms with E-state index < -0.39 is 0 Å². The third kappa shape index (κ3) is 3.65. The van der Waals surface area contributed by atoms with Crippen molar-refractivity contribution in [2.45, 2.75) is 56.8 Å². The van der Waals surface area contributed by atoms with E-state index in [2.05, 4.69) is 15.9 Å². The highest BCUT2D eigenvalue weighted by molar-refractivity contribution is 5.56. The van der Waals surface area contributed by atoms with Crippen molar-refractivity contribution in [1.82, 2.24) is 14.9 Å². The van der Waals surface area contributed by atoms with E-state index in [4.69, 9.17) is 24.2 Å². The molecule has 0 amide bonds. The molecule has 0 saturated carbocycles. The maximum absolute atomic E-state index is 10.0. The first-order valence-electron chi connectivity index (χ1n) is 11.4. The molecule has 2 aromatic rings. The smallest absolute Gasteiger partial charge is 0.225 e. The fourth-order valence-corrected chi connectivity index (χ4v) is 5.58. The summed E-state index contributed by atoms with van der Waals surface area (Å²) in [6.45, 7) is 2.31. The number of aliphatic hydroxyl groups is 1. The number of aliphatic hydroxyl groups excluding tert-OH is 1. The summed E-state index contributed by atoms with van der Waals surface area (Å²) in [6, 6.07) is 4.76. The van der Waals surface area contributed by atoms with Gasteiger partial charge in [-0.05, 0) is 31.7 Å². The van der Waals surface area contributed by atoms with Crippen LogP contribution in [0.5, 0.6) is 17.2 Å². The molecule has 4 heterocycles. The minimum atomic E-state index is -0.286. The van der Waals surface area contributed by atoms with Gasteiger partial charge in [-0.25, -0.2) is 9.97 Å². The third-order valence-corrected chi connectivity index (χ3v) is 7.14. The molecule has 2 bridgehead atoms. The normalized spacial score (nSPS) is 24.9. The Morgan fingerprint density at radius 3 is 2.66 bits per heavy atom. The number of nitrogens with zero attached hydrogens (tertiary/aromatic N) is 4. The van der Waals surface area contributed by atoms with Gasteiger partial charge in [0.05, 0.1) is 33.1 Å². The van der Waals surface area contributed by atoms with Crippen LogP contribution < -0.4 is 19.1 Å². The van der Waals surface area contributed by atoms with E-state index in [-0.39, 0.29) is 6.10 Å². The van der Waals surface area contributed by atoms with Gasteiger partial charge < -0.3 is 24.2 Å². The van der Waals surface area contributed by atoms with Crippen LogP contribution in [0.25, 0.3) is 0 Å². The van der Waals surface area contributed by atoms with Gasteiger partial charge in [0.2, 0.25) is 11.7 Å². The van der Waals surface area contributed by atoms with E-state index in [1.54, 1.807) is 21.3 Å². The van der Waals surface area contributed by atoms with E-state index in [1.165, 1.54) is 5.56 Å². The zero-order valence-electron chi connectivity index (χ0n) is 19.1. The van der Waals surface area contributed by atoms with Crippen molar-refractivity contribution in [3.05, 3.63) is 35.2 Å². The molecule has 2 fully saturated rings. The van der Waals surface area contributed by atoms with E-state index in [9.17, 15) is 5.11 Å². The van der Waals surface area contributed by atoms with Crippen molar-refractivity contribution in [3.8, 4) is 17.2 Å². The first-order valence-corrected chi connectivity index (χ1v) is 11.4.